The van der Waals surface area contributed by atoms with Crippen LogP contribution in [0, 0.1) is 5.82 Å². The van der Waals surface area contributed by atoms with E-state index in [2.05, 4.69) is 4.74 Å². The summed E-state index contributed by atoms with van der Waals surface area (Å²) in [6.45, 7) is 3.29. The lowest BCUT2D eigenvalue weighted by atomic mass is 9.88. The van der Waals surface area contributed by atoms with Crippen molar-refractivity contribution in [1.29, 1.82) is 0 Å². The van der Waals surface area contributed by atoms with Gasteiger partial charge in [-0.1, -0.05) is 18.2 Å². The molecule has 1 aromatic carbocycles. The minimum Gasteiger partial charge on any atom is -0.467 e. The average Bonchev–Trinajstić information content (AvgIpc) is 2.83. The first-order valence-electron chi connectivity index (χ1n) is 4.99. The molecule has 3 nitrogen and oxygen atoms in total. The zero-order valence-electron chi connectivity index (χ0n) is 9.41. The van der Waals surface area contributed by atoms with E-state index in [1.165, 1.54) is 13.2 Å². The fraction of sp³-hybridized carbons (Fsp3) is 0.417. The predicted octanol–water partition coefficient (Wildman–Crippen LogP) is 2.00. The summed E-state index contributed by atoms with van der Waals surface area (Å²) in [4.78, 5) is 11.5. The number of benzene rings is 1. The fourth-order valence-electron chi connectivity index (χ4n) is 1.97. The molecule has 1 fully saturated rings. The maximum Gasteiger partial charge on any atom is 0.341 e. The van der Waals surface area contributed by atoms with Gasteiger partial charge in [-0.2, -0.15) is 0 Å². The first-order valence-corrected chi connectivity index (χ1v) is 4.99. The molecular weight excluding hydrogens is 211 g/mol. The van der Waals surface area contributed by atoms with Crippen molar-refractivity contribution in [1.82, 2.24) is 0 Å². The van der Waals surface area contributed by atoms with Crippen molar-refractivity contribution in [2.75, 3.05) is 7.11 Å². The smallest absolute Gasteiger partial charge is 0.341 e. The second-order valence-corrected chi connectivity index (χ2v) is 4.14. The number of halogens is 1. The van der Waals surface area contributed by atoms with Crippen LogP contribution in [0.4, 0.5) is 4.39 Å². The van der Waals surface area contributed by atoms with Crippen molar-refractivity contribution in [2.24, 2.45) is 0 Å². The number of ether oxygens (including phenoxy) is 2. The molecule has 0 spiro atoms. The Morgan fingerprint density at radius 1 is 1.38 bits per heavy atom. The Bertz CT molecular complexity index is 446. The van der Waals surface area contributed by atoms with E-state index in [1.807, 2.05) is 0 Å². The maximum atomic E-state index is 13.6. The number of methoxy groups -OCH3 is 1. The van der Waals surface area contributed by atoms with Crippen molar-refractivity contribution in [3.63, 3.8) is 0 Å². The van der Waals surface area contributed by atoms with Crippen LogP contribution in [0.15, 0.2) is 24.3 Å². The minimum absolute atomic E-state index is 0.377. The van der Waals surface area contributed by atoms with Gasteiger partial charge in [0.25, 0.3) is 0 Å². The molecule has 0 aromatic heterocycles. The molecule has 0 aliphatic carbocycles. The van der Waals surface area contributed by atoms with Gasteiger partial charge < -0.3 is 9.47 Å². The maximum absolute atomic E-state index is 13.6. The van der Waals surface area contributed by atoms with Gasteiger partial charge in [0, 0.05) is 5.56 Å². The van der Waals surface area contributed by atoms with E-state index in [0.717, 1.165) is 0 Å². The second kappa shape index (κ2) is 3.28. The highest BCUT2D eigenvalue weighted by Crippen LogP contribution is 2.56. The van der Waals surface area contributed by atoms with Gasteiger partial charge in [-0.05, 0) is 19.9 Å². The topological polar surface area (TPSA) is 38.8 Å². The molecule has 0 bridgehead atoms. The molecule has 1 aromatic rings. The summed E-state index contributed by atoms with van der Waals surface area (Å²) in [5.74, 6) is -0.865. The molecule has 1 aliphatic heterocycles. The van der Waals surface area contributed by atoms with Gasteiger partial charge in [-0.25, -0.2) is 9.18 Å². The third-order valence-electron chi connectivity index (χ3n) is 3.24. The van der Waals surface area contributed by atoms with Crippen molar-refractivity contribution >= 4 is 5.97 Å². The zero-order chi connectivity index (χ0) is 12.0. The van der Waals surface area contributed by atoms with Gasteiger partial charge in [0.15, 0.2) is 5.60 Å². The molecule has 0 radical (unpaired) electrons. The van der Waals surface area contributed by atoms with Crippen LogP contribution < -0.4 is 0 Å². The van der Waals surface area contributed by atoms with Crippen LogP contribution in [0.2, 0.25) is 0 Å². The van der Waals surface area contributed by atoms with E-state index < -0.39 is 17.2 Å². The molecule has 0 N–H and O–H groups in total. The number of hydrogen-bond donors (Lipinski definition) is 0. The summed E-state index contributed by atoms with van der Waals surface area (Å²) in [6, 6.07) is 6.27. The molecule has 0 amide bonds. The van der Waals surface area contributed by atoms with Crippen molar-refractivity contribution in [3.8, 4) is 0 Å². The summed E-state index contributed by atoms with van der Waals surface area (Å²) in [5.41, 5.74) is -1.65. The van der Waals surface area contributed by atoms with Crippen LogP contribution in [-0.2, 0) is 19.9 Å². The molecule has 1 heterocycles. The third kappa shape index (κ3) is 1.26. The van der Waals surface area contributed by atoms with Crippen LogP contribution in [-0.4, -0.2) is 18.7 Å². The van der Waals surface area contributed by atoms with Gasteiger partial charge in [0.05, 0.1) is 7.11 Å². The van der Waals surface area contributed by atoms with E-state index in [-0.39, 0.29) is 5.82 Å². The van der Waals surface area contributed by atoms with Gasteiger partial charge in [-0.3, -0.25) is 0 Å². The number of hydrogen-bond acceptors (Lipinski definition) is 3. The summed E-state index contributed by atoms with van der Waals surface area (Å²) >= 11 is 0. The summed E-state index contributed by atoms with van der Waals surface area (Å²) in [6.07, 6.45) is 0. The highest BCUT2D eigenvalue weighted by Gasteiger charge is 2.71. The van der Waals surface area contributed by atoms with Crippen LogP contribution in [0.5, 0.6) is 0 Å². The van der Waals surface area contributed by atoms with Crippen molar-refractivity contribution in [3.05, 3.63) is 35.6 Å². The summed E-state index contributed by atoms with van der Waals surface area (Å²) in [5, 5.41) is 0. The molecule has 86 valence electrons. The van der Waals surface area contributed by atoms with Crippen LogP contribution in [0.25, 0.3) is 0 Å². The largest absolute Gasteiger partial charge is 0.467 e. The van der Waals surface area contributed by atoms with Gasteiger partial charge >= 0.3 is 5.97 Å². The molecule has 4 heteroatoms. The Morgan fingerprint density at radius 2 is 2.00 bits per heavy atom. The van der Waals surface area contributed by atoms with Crippen LogP contribution in [0.3, 0.4) is 0 Å². The minimum atomic E-state index is -1.09. The Labute approximate surface area is 93.2 Å². The average molecular weight is 224 g/mol. The van der Waals surface area contributed by atoms with Crippen LogP contribution in [0.1, 0.15) is 19.4 Å². The predicted molar refractivity (Wildman–Crippen MR) is 55.3 cm³/mol. The first kappa shape index (κ1) is 11.1. The summed E-state index contributed by atoms with van der Waals surface area (Å²) in [7, 11) is 1.29. The third-order valence-corrected chi connectivity index (χ3v) is 3.24. The summed E-state index contributed by atoms with van der Waals surface area (Å²) < 4.78 is 23.6. The van der Waals surface area contributed by atoms with E-state index >= 15 is 0 Å². The molecule has 1 saturated heterocycles. The van der Waals surface area contributed by atoms with Gasteiger partial charge in [0.1, 0.15) is 11.4 Å². The number of esters is 1. The molecule has 1 aliphatic rings. The normalized spacial score (nSPS) is 32.2. The Kier molecular flexibility index (Phi) is 2.27. The van der Waals surface area contributed by atoms with Crippen molar-refractivity contribution in [2.45, 2.75) is 25.0 Å². The second-order valence-electron chi connectivity index (χ2n) is 4.14. The van der Waals surface area contributed by atoms with E-state index in [4.69, 9.17) is 4.74 Å². The van der Waals surface area contributed by atoms with Gasteiger partial charge in [0.2, 0.25) is 0 Å². The molecule has 16 heavy (non-hydrogen) atoms. The molecular formula is C12H13FO3. The quantitative estimate of drug-likeness (QED) is 0.569. The van der Waals surface area contributed by atoms with Crippen LogP contribution >= 0.6 is 0 Å². The Hall–Kier alpha value is -1.42. The van der Waals surface area contributed by atoms with E-state index in [9.17, 15) is 9.18 Å². The highest BCUT2D eigenvalue weighted by atomic mass is 19.1. The standard InChI is InChI=1S/C12H13FO3/c1-11(8-6-4-5-7-9(8)13)12(2,16-11)10(14)15-3/h4-7H,1-3H3. The zero-order valence-corrected chi connectivity index (χ0v) is 9.41. The highest BCUT2D eigenvalue weighted by molar-refractivity contribution is 5.84. The molecule has 0 saturated carbocycles. The molecule has 2 rings (SSSR count). The lowest BCUT2D eigenvalue weighted by Crippen LogP contribution is -2.29. The lowest BCUT2D eigenvalue weighted by Gasteiger charge is -2.11. The van der Waals surface area contributed by atoms with Crippen molar-refractivity contribution < 1.29 is 18.7 Å². The Balaban J connectivity index is 2.38. The fourth-order valence-corrected chi connectivity index (χ4v) is 1.97. The van der Waals surface area contributed by atoms with E-state index in [0.29, 0.717) is 5.56 Å². The number of rotatable bonds is 2. The number of carbonyl (C=O) groups excluding carboxylic acids is 1. The lowest BCUT2D eigenvalue weighted by molar-refractivity contribution is -0.146. The SMILES string of the molecule is COC(=O)C1(C)OC1(C)c1ccccc1F. The molecule has 2 atom stereocenters. The Morgan fingerprint density at radius 3 is 2.56 bits per heavy atom. The van der Waals surface area contributed by atoms with Gasteiger partial charge in [-0.15, -0.1) is 0 Å². The molecule has 2 unspecified atom stereocenters. The van der Waals surface area contributed by atoms with E-state index in [1.54, 1.807) is 32.0 Å². The number of epoxide rings is 1. The number of carbonyl (C=O) groups is 1. The monoisotopic (exact) mass is 224 g/mol. The first-order chi connectivity index (χ1) is 7.45.